The van der Waals surface area contributed by atoms with Gasteiger partial charge in [0.2, 0.25) is 0 Å². The maximum absolute atomic E-state index is 12.0. The molecule has 0 unspecified atom stereocenters. The molecule has 1 aromatic rings. The molecule has 21 heavy (non-hydrogen) atoms. The quantitative estimate of drug-likeness (QED) is 0.914. The van der Waals surface area contributed by atoms with Gasteiger partial charge in [-0.2, -0.15) is 0 Å². The van der Waals surface area contributed by atoms with Gasteiger partial charge in [-0.3, -0.25) is 4.79 Å². The van der Waals surface area contributed by atoms with Crippen LogP contribution in [0.15, 0.2) is 18.2 Å². The number of rotatable bonds is 4. The molecule has 116 valence electrons. The number of halogens is 1. The van der Waals surface area contributed by atoms with Crippen molar-refractivity contribution in [3.05, 3.63) is 28.8 Å². The summed E-state index contributed by atoms with van der Waals surface area (Å²) in [5.74, 6) is 1.83. The average molecular weight is 310 g/mol. The molecule has 1 aliphatic carbocycles. The lowest BCUT2D eigenvalue weighted by atomic mass is 9.78. The minimum Gasteiger partial charge on any atom is -0.484 e. The Morgan fingerprint density at radius 2 is 2.14 bits per heavy atom. The Morgan fingerprint density at radius 1 is 1.38 bits per heavy atom. The first-order valence-electron chi connectivity index (χ1n) is 7.65. The fourth-order valence-electron chi connectivity index (χ4n) is 2.89. The van der Waals surface area contributed by atoms with Crippen LogP contribution in [0, 0.1) is 18.8 Å². The molecule has 0 heterocycles. The van der Waals surface area contributed by atoms with E-state index in [-0.39, 0.29) is 18.6 Å². The Labute approximate surface area is 132 Å². The number of aryl methyl sites for hydroxylation is 1. The summed E-state index contributed by atoms with van der Waals surface area (Å²) in [6, 6.07) is 5.70. The second-order valence-corrected chi connectivity index (χ2v) is 6.55. The molecule has 2 rings (SSSR count). The smallest absolute Gasteiger partial charge is 0.258 e. The van der Waals surface area contributed by atoms with Crippen LogP contribution in [0.3, 0.4) is 0 Å². The van der Waals surface area contributed by atoms with Gasteiger partial charge in [0.1, 0.15) is 5.75 Å². The van der Waals surface area contributed by atoms with Crippen LogP contribution in [-0.4, -0.2) is 18.6 Å². The van der Waals surface area contributed by atoms with Gasteiger partial charge in [-0.1, -0.05) is 38.3 Å². The lowest BCUT2D eigenvalue weighted by Crippen LogP contribution is -2.45. The van der Waals surface area contributed by atoms with Gasteiger partial charge >= 0.3 is 0 Å². The summed E-state index contributed by atoms with van der Waals surface area (Å²) in [4.78, 5) is 12.0. The molecule has 0 bridgehead atoms. The second kappa shape index (κ2) is 7.17. The summed E-state index contributed by atoms with van der Waals surface area (Å²) in [6.45, 7) is 6.45. The Kier molecular flexibility index (Phi) is 5.51. The maximum atomic E-state index is 12.0. The van der Waals surface area contributed by atoms with Crippen LogP contribution in [0.25, 0.3) is 0 Å². The lowest BCUT2D eigenvalue weighted by Gasteiger charge is -2.34. The van der Waals surface area contributed by atoms with Crippen molar-refractivity contribution in [2.45, 2.75) is 46.1 Å². The number of carbonyl (C=O) groups excluding carboxylic acids is 1. The Bertz CT molecular complexity index is 504. The minimum atomic E-state index is -0.0476. The van der Waals surface area contributed by atoms with E-state index >= 15 is 0 Å². The van der Waals surface area contributed by atoms with Gasteiger partial charge in [0.15, 0.2) is 6.61 Å². The molecule has 0 spiro atoms. The summed E-state index contributed by atoms with van der Waals surface area (Å²) in [7, 11) is 0. The Morgan fingerprint density at radius 3 is 2.86 bits per heavy atom. The third-order valence-electron chi connectivity index (χ3n) is 4.55. The molecule has 1 N–H and O–H groups in total. The molecule has 0 radical (unpaired) electrons. The molecule has 1 amide bonds. The van der Waals surface area contributed by atoms with Crippen LogP contribution in [0.1, 0.15) is 38.7 Å². The monoisotopic (exact) mass is 309 g/mol. The molecule has 3 nitrogen and oxygen atoms in total. The van der Waals surface area contributed by atoms with Gasteiger partial charge in [0.25, 0.3) is 5.91 Å². The van der Waals surface area contributed by atoms with Crippen LogP contribution >= 0.6 is 11.6 Å². The zero-order chi connectivity index (χ0) is 15.4. The van der Waals surface area contributed by atoms with Gasteiger partial charge < -0.3 is 10.1 Å². The highest BCUT2D eigenvalue weighted by Crippen LogP contribution is 2.29. The van der Waals surface area contributed by atoms with E-state index in [1.165, 1.54) is 12.8 Å². The van der Waals surface area contributed by atoms with E-state index < -0.39 is 0 Å². The van der Waals surface area contributed by atoms with E-state index in [0.29, 0.717) is 22.6 Å². The molecule has 1 aromatic carbocycles. The van der Waals surface area contributed by atoms with Gasteiger partial charge in [-0.05, 0) is 48.9 Å². The van der Waals surface area contributed by atoms with E-state index in [9.17, 15) is 4.79 Å². The predicted octanol–water partition coefficient (Wildman–Crippen LogP) is 3.97. The van der Waals surface area contributed by atoms with Crippen molar-refractivity contribution in [1.29, 1.82) is 0 Å². The fourth-order valence-corrected chi connectivity index (χ4v) is 3.01. The van der Waals surface area contributed by atoms with Crippen LogP contribution in [-0.2, 0) is 4.79 Å². The summed E-state index contributed by atoms with van der Waals surface area (Å²) in [6.07, 6.45) is 3.51. The lowest BCUT2D eigenvalue weighted by molar-refractivity contribution is -0.124. The van der Waals surface area contributed by atoms with Crippen molar-refractivity contribution in [2.75, 3.05) is 6.61 Å². The van der Waals surface area contributed by atoms with E-state index in [1.807, 2.05) is 13.0 Å². The Hall–Kier alpha value is -1.22. The van der Waals surface area contributed by atoms with Crippen molar-refractivity contribution >= 4 is 17.5 Å². The number of carbonyl (C=O) groups is 1. The molecule has 0 aliphatic heterocycles. The molecule has 1 fully saturated rings. The summed E-state index contributed by atoms with van der Waals surface area (Å²) < 4.78 is 5.54. The van der Waals surface area contributed by atoms with Crippen molar-refractivity contribution in [2.24, 2.45) is 11.8 Å². The predicted molar refractivity (Wildman–Crippen MR) is 85.8 cm³/mol. The highest BCUT2D eigenvalue weighted by molar-refractivity contribution is 6.31. The van der Waals surface area contributed by atoms with Crippen LogP contribution < -0.4 is 10.1 Å². The van der Waals surface area contributed by atoms with Crippen molar-refractivity contribution in [3.8, 4) is 5.75 Å². The average Bonchev–Trinajstić information content (AvgIpc) is 2.45. The van der Waals surface area contributed by atoms with Gasteiger partial charge in [-0.25, -0.2) is 0 Å². The first-order chi connectivity index (χ1) is 9.97. The number of nitrogens with one attached hydrogen (secondary N) is 1. The summed E-state index contributed by atoms with van der Waals surface area (Å²) in [5.41, 5.74) is 0.948. The molecule has 3 atom stereocenters. The minimum absolute atomic E-state index is 0.0476. The topological polar surface area (TPSA) is 38.3 Å². The zero-order valence-electron chi connectivity index (χ0n) is 13.0. The molecule has 1 aliphatic rings. The van der Waals surface area contributed by atoms with Crippen molar-refractivity contribution in [1.82, 2.24) is 5.32 Å². The van der Waals surface area contributed by atoms with Gasteiger partial charge in [-0.15, -0.1) is 0 Å². The molecule has 1 saturated carbocycles. The molecule has 0 saturated heterocycles. The number of hydrogen-bond acceptors (Lipinski definition) is 2. The van der Waals surface area contributed by atoms with Gasteiger partial charge in [0.05, 0.1) is 0 Å². The second-order valence-electron chi connectivity index (χ2n) is 6.14. The Balaban J connectivity index is 1.83. The maximum Gasteiger partial charge on any atom is 0.258 e. The third-order valence-corrected chi connectivity index (χ3v) is 4.98. The number of amides is 1. The highest BCUT2D eigenvalue weighted by Gasteiger charge is 2.28. The van der Waals surface area contributed by atoms with E-state index in [1.54, 1.807) is 12.1 Å². The van der Waals surface area contributed by atoms with Gasteiger partial charge in [0, 0.05) is 11.1 Å². The standard InChI is InChI=1S/C17H24ClNO2/c1-11-5-4-6-16(13(11)3)19-17(20)10-21-14-7-8-15(18)12(2)9-14/h7-9,11,13,16H,4-6,10H2,1-3H3,(H,19,20)/t11-,13+,16+/m1/s1. The first kappa shape index (κ1) is 16.2. The first-order valence-corrected chi connectivity index (χ1v) is 8.03. The van der Waals surface area contributed by atoms with E-state index in [0.717, 1.165) is 12.0 Å². The number of benzene rings is 1. The third kappa shape index (κ3) is 4.37. The van der Waals surface area contributed by atoms with Crippen LogP contribution in [0.2, 0.25) is 5.02 Å². The van der Waals surface area contributed by atoms with Crippen molar-refractivity contribution in [3.63, 3.8) is 0 Å². The summed E-state index contributed by atoms with van der Waals surface area (Å²) >= 11 is 5.97. The molecule has 4 heteroatoms. The summed E-state index contributed by atoms with van der Waals surface area (Å²) in [5, 5.41) is 3.81. The molecular weight excluding hydrogens is 286 g/mol. The molecule has 0 aromatic heterocycles. The largest absolute Gasteiger partial charge is 0.484 e. The molecular formula is C17H24ClNO2. The SMILES string of the molecule is Cc1cc(OCC(=O)N[C@H]2CCC[C@@H](C)[C@@H]2C)ccc1Cl. The normalized spacial score (nSPS) is 25.4. The number of hydrogen-bond donors (Lipinski definition) is 1. The highest BCUT2D eigenvalue weighted by atomic mass is 35.5. The van der Waals surface area contributed by atoms with Crippen LogP contribution in [0.5, 0.6) is 5.75 Å². The number of ether oxygens (including phenoxy) is 1. The zero-order valence-corrected chi connectivity index (χ0v) is 13.7. The van der Waals surface area contributed by atoms with E-state index in [4.69, 9.17) is 16.3 Å². The fraction of sp³-hybridized carbons (Fsp3) is 0.588. The van der Waals surface area contributed by atoms with Crippen LogP contribution in [0.4, 0.5) is 0 Å². The van der Waals surface area contributed by atoms with Crippen molar-refractivity contribution < 1.29 is 9.53 Å². The van der Waals surface area contributed by atoms with E-state index in [2.05, 4.69) is 19.2 Å².